The van der Waals surface area contributed by atoms with Crippen molar-refractivity contribution in [3.05, 3.63) is 0 Å². The van der Waals surface area contributed by atoms with Crippen molar-refractivity contribution in [2.45, 2.75) is 51.9 Å². The van der Waals surface area contributed by atoms with E-state index in [1.807, 2.05) is 0 Å². The molecule has 0 aromatic heterocycles. The Balaban J connectivity index is 1.75. The van der Waals surface area contributed by atoms with Crippen molar-refractivity contribution in [2.75, 3.05) is 33.7 Å². The van der Waals surface area contributed by atoms with Crippen LogP contribution in [0.15, 0.2) is 4.99 Å². The van der Waals surface area contributed by atoms with Crippen molar-refractivity contribution in [1.82, 2.24) is 15.1 Å². The Morgan fingerprint density at radius 2 is 1.83 bits per heavy atom. The highest BCUT2D eigenvalue weighted by atomic mass is 16.2. The number of hydrogen-bond donors (Lipinski definition) is 1. The maximum Gasteiger partial charge on any atom is 0.229 e. The second-order valence-electron chi connectivity index (χ2n) is 7.27. The molecule has 1 aliphatic heterocycles. The number of amides is 2. The summed E-state index contributed by atoms with van der Waals surface area (Å²) in [7, 11) is 3.84. The van der Waals surface area contributed by atoms with Crippen LogP contribution in [0.5, 0.6) is 0 Å². The van der Waals surface area contributed by atoms with E-state index in [1.165, 1.54) is 30.6 Å². The van der Waals surface area contributed by atoms with Gasteiger partial charge in [0.05, 0.1) is 0 Å². The van der Waals surface area contributed by atoms with Gasteiger partial charge in [-0.1, -0.05) is 19.8 Å². The molecule has 1 saturated carbocycles. The maximum absolute atomic E-state index is 11.8. The minimum Gasteiger partial charge on any atom is -0.354 e. The van der Waals surface area contributed by atoms with Gasteiger partial charge in [-0.25, -0.2) is 0 Å². The molecule has 1 heterocycles. The van der Waals surface area contributed by atoms with Crippen LogP contribution in [0.4, 0.5) is 0 Å². The molecule has 1 N–H and O–H groups in total. The van der Waals surface area contributed by atoms with Crippen LogP contribution in [0, 0.1) is 11.8 Å². The average Bonchev–Trinajstić information content (AvgIpc) is 2.56. The van der Waals surface area contributed by atoms with Gasteiger partial charge in [-0.2, -0.15) is 0 Å². The van der Waals surface area contributed by atoms with Crippen molar-refractivity contribution in [1.29, 1.82) is 0 Å². The van der Waals surface area contributed by atoms with Gasteiger partial charge in [0.2, 0.25) is 11.8 Å². The van der Waals surface area contributed by atoms with Gasteiger partial charge >= 0.3 is 0 Å². The van der Waals surface area contributed by atoms with E-state index in [9.17, 15) is 9.59 Å². The Kier molecular flexibility index (Phi) is 7.06. The standard InChI is InChI=1S/C18H32N4O2/c1-14-7-9-15(10-8-14)13-21(3)18(19-2)20-11-12-22-16(23)5-4-6-17(22)24/h14-15H,4-13H2,1-3H3,(H,19,20). The third-order valence-corrected chi connectivity index (χ3v) is 5.24. The molecule has 0 spiro atoms. The molecule has 0 atom stereocenters. The number of imide groups is 1. The summed E-state index contributed by atoms with van der Waals surface area (Å²) >= 11 is 0. The normalized spacial score (nSPS) is 25.8. The Hall–Kier alpha value is -1.59. The second-order valence-corrected chi connectivity index (χ2v) is 7.27. The Bertz CT molecular complexity index is 454. The summed E-state index contributed by atoms with van der Waals surface area (Å²) in [6.07, 6.45) is 6.89. The monoisotopic (exact) mass is 336 g/mol. The second kappa shape index (κ2) is 9.04. The molecule has 0 aromatic rings. The number of carbonyl (C=O) groups is 2. The zero-order valence-corrected chi connectivity index (χ0v) is 15.4. The fourth-order valence-corrected chi connectivity index (χ4v) is 3.70. The van der Waals surface area contributed by atoms with Gasteiger partial charge in [-0.05, 0) is 31.1 Å². The van der Waals surface area contributed by atoms with Crippen molar-refractivity contribution >= 4 is 17.8 Å². The highest BCUT2D eigenvalue weighted by Crippen LogP contribution is 2.28. The summed E-state index contributed by atoms with van der Waals surface area (Å²) in [6.45, 7) is 4.32. The molecule has 6 nitrogen and oxygen atoms in total. The lowest BCUT2D eigenvalue weighted by molar-refractivity contribution is -0.147. The van der Waals surface area contributed by atoms with E-state index in [1.54, 1.807) is 7.05 Å². The van der Waals surface area contributed by atoms with Gasteiger partial charge in [0.1, 0.15) is 0 Å². The average molecular weight is 336 g/mol. The van der Waals surface area contributed by atoms with Crippen LogP contribution in [0.2, 0.25) is 0 Å². The van der Waals surface area contributed by atoms with E-state index >= 15 is 0 Å². The molecule has 2 rings (SSSR count). The molecule has 2 amide bonds. The largest absolute Gasteiger partial charge is 0.354 e. The highest BCUT2D eigenvalue weighted by molar-refractivity contribution is 5.97. The molecule has 0 aromatic carbocycles. The smallest absolute Gasteiger partial charge is 0.229 e. The van der Waals surface area contributed by atoms with Crippen molar-refractivity contribution in [3.8, 4) is 0 Å². The number of nitrogens with zero attached hydrogens (tertiary/aromatic N) is 3. The Labute approximate surface area is 145 Å². The third-order valence-electron chi connectivity index (χ3n) is 5.24. The summed E-state index contributed by atoms with van der Waals surface area (Å²) < 4.78 is 0. The van der Waals surface area contributed by atoms with Gasteiger partial charge in [0.25, 0.3) is 0 Å². The molecule has 0 radical (unpaired) electrons. The molecule has 24 heavy (non-hydrogen) atoms. The van der Waals surface area contributed by atoms with Gasteiger partial charge < -0.3 is 10.2 Å². The van der Waals surface area contributed by atoms with E-state index in [0.717, 1.165) is 24.3 Å². The molecular weight excluding hydrogens is 304 g/mol. The molecule has 0 unspecified atom stereocenters. The molecule has 1 aliphatic carbocycles. The Morgan fingerprint density at radius 3 is 2.42 bits per heavy atom. The van der Waals surface area contributed by atoms with Crippen LogP contribution in [0.25, 0.3) is 0 Å². The number of likely N-dealkylation sites (tertiary alicyclic amines) is 1. The van der Waals surface area contributed by atoms with Crippen LogP contribution in [0.3, 0.4) is 0 Å². The van der Waals surface area contributed by atoms with E-state index in [4.69, 9.17) is 0 Å². The maximum atomic E-state index is 11.8. The predicted octanol–water partition coefficient (Wildman–Crippen LogP) is 1.86. The number of guanidine groups is 1. The summed E-state index contributed by atoms with van der Waals surface area (Å²) in [6, 6.07) is 0. The number of carbonyl (C=O) groups excluding carboxylic acids is 2. The van der Waals surface area contributed by atoms with Crippen LogP contribution >= 0.6 is 0 Å². The summed E-state index contributed by atoms with van der Waals surface area (Å²) in [5.41, 5.74) is 0. The van der Waals surface area contributed by atoms with Gasteiger partial charge in [-0.15, -0.1) is 0 Å². The lowest BCUT2D eigenvalue weighted by Gasteiger charge is -2.31. The van der Waals surface area contributed by atoms with Gasteiger partial charge in [-0.3, -0.25) is 19.5 Å². The first kappa shape index (κ1) is 18.7. The van der Waals surface area contributed by atoms with Crippen LogP contribution in [-0.2, 0) is 9.59 Å². The van der Waals surface area contributed by atoms with Crippen LogP contribution < -0.4 is 5.32 Å². The first-order valence-corrected chi connectivity index (χ1v) is 9.26. The quantitative estimate of drug-likeness (QED) is 0.473. The van der Waals surface area contributed by atoms with E-state index in [0.29, 0.717) is 32.4 Å². The topological polar surface area (TPSA) is 65.0 Å². The van der Waals surface area contributed by atoms with Crippen molar-refractivity contribution in [3.63, 3.8) is 0 Å². The number of piperidine rings is 1. The van der Waals surface area contributed by atoms with E-state index in [-0.39, 0.29) is 11.8 Å². The minimum atomic E-state index is -0.0484. The molecule has 6 heteroatoms. The summed E-state index contributed by atoms with van der Waals surface area (Å²) in [5, 5.41) is 3.29. The van der Waals surface area contributed by atoms with Crippen molar-refractivity contribution in [2.24, 2.45) is 16.8 Å². The fraction of sp³-hybridized carbons (Fsp3) is 0.833. The molecule has 0 bridgehead atoms. The molecule has 2 fully saturated rings. The number of aliphatic imine (C=N–C) groups is 1. The SMILES string of the molecule is CN=C(NCCN1C(=O)CCCC1=O)N(C)CC1CCC(C)CC1. The third kappa shape index (κ3) is 5.21. The molecule has 136 valence electrons. The zero-order valence-electron chi connectivity index (χ0n) is 15.4. The van der Waals surface area contributed by atoms with Gasteiger partial charge in [0.15, 0.2) is 5.96 Å². The van der Waals surface area contributed by atoms with Crippen LogP contribution in [-0.4, -0.2) is 61.3 Å². The summed E-state index contributed by atoms with van der Waals surface area (Å²) in [4.78, 5) is 31.5. The number of hydrogen-bond acceptors (Lipinski definition) is 3. The number of rotatable bonds is 5. The zero-order chi connectivity index (χ0) is 17.5. The lowest BCUT2D eigenvalue weighted by Crippen LogP contribution is -2.47. The lowest BCUT2D eigenvalue weighted by atomic mass is 9.83. The summed E-state index contributed by atoms with van der Waals surface area (Å²) in [5.74, 6) is 2.34. The Morgan fingerprint density at radius 1 is 1.21 bits per heavy atom. The highest BCUT2D eigenvalue weighted by Gasteiger charge is 2.25. The fourth-order valence-electron chi connectivity index (χ4n) is 3.70. The minimum absolute atomic E-state index is 0.0484. The van der Waals surface area contributed by atoms with Crippen molar-refractivity contribution < 1.29 is 9.59 Å². The first-order valence-electron chi connectivity index (χ1n) is 9.26. The van der Waals surface area contributed by atoms with Crippen LogP contribution in [0.1, 0.15) is 51.9 Å². The molecule has 2 aliphatic rings. The molecule has 1 saturated heterocycles. The first-order chi connectivity index (χ1) is 11.5. The van der Waals surface area contributed by atoms with Gasteiger partial charge in [0, 0.05) is 46.6 Å². The molecular formula is C18H32N4O2. The predicted molar refractivity (Wildman–Crippen MR) is 95.7 cm³/mol. The van der Waals surface area contributed by atoms with E-state index < -0.39 is 0 Å². The van der Waals surface area contributed by atoms with E-state index in [2.05, 4.69) is 29.2 Å². The number of nitrogens with one attached hydrogen (secondary N) is 1.